The van der Waals surface area contributed by atoms with Crippen LogP contribution in [0.15, 0.2) is 12.3 Å². The quantitative estimate of drug-likeness (QED) is 0.819. The Bertz CT molecular complexity index is 301. The molecule has 1 aromatic heterocycles. The molecule has 1 saturated heterocycles. The molecule has 4 heteroatoms. The number of hydrogen-bond acceptors (Lipinski definition) is 3. The molecular formula is C13H24N4. The van der Waals surface area contributed by atoms with Crippen molar-refractivity contribution in [2.24, 2.45) is 5.92 Å². The molecule has 0 aliphatic carbocycles. The van der Waals surface area contributed by atoms with E-state index in [4.69, 9.17) is 0 Å². The highest BCUT2D eigenvalue weighted by Crippen LogP contribution is 2.17. The third-order valence-corrected chi connectivity index (χ3v) is 3.86. The zero-order valence-corrected chi connectivity index (χ0v) is 10.9. The second-order valence-corrected chi connectivity index (χ2v) is 5.02. The molecule has 0 radical (unpaired) electrons. The molecule has 1 atom stereocenters. The number of rotatable bonds is 5. The van der Waals surface area contributed by atoms with Crippen molar-refractivity contribution in [2.45, 2.75) is 32.7 Å². The predicted molar refractivity (Wildman–Crippen MR) is 69.8 cm³/mol. The number of nitrogens with one attached hydrogen (secondary N) is 2. The van der Waals surface area contributed by atoms with E-state index in [1.54, 1.807) is 0 Å². The summed E-state index contributed by atoms with van der Waals surface area (Å²) >= 11 is 0. The molecular weight excluding hydrogens is 212 g/mol. The van der Waals surface area contributed by atoms with Crippen molar-refractivity contribution in [1.29, 1.82) is 0 Å². The lowest BCUT2D eigenvalue weighted by Crippen LogP contribution is -2.37. The summed E-state index contributed by atoms with van der Waals surface area (Å²) in [6.07, 6.45) is 4.47. The Labute approximate surface area is 104 Å². The summed E-state index contributed by atoms with van der Waals surface area (Å²) in [6, 6.07) is 2.42. The maximum atomic E-state index is 3.99. The van der Waals surface area contributed by atoms with Crippen molar-refractivity contribution in [2.75, 3.05) is 26.2 Å². The fraction of sp³-hybridized carbons (Fsp3) is 0.769. The SMILES string of the molecule is CCN1CCC(CNC(C)c2ccn[nH]2)CC1. The van der Waals surface area contributed by atoms with Crippen LogP contribution in [-0.2, 0) is 0 Å². The Morgan fingerprint density at radius 3 is 2.88 bits per heavy atom. The molecule has 1 aliphatic heterocycles. The van der Waals surface area contributed by atoms with E-state index in [1.807, 2.05) is 12.3 Å². The topological polar surface area (TPSA) is 44.0 Å². The van der Waals surface area contributed by atoms with Crippen LogP contribution in [0, 0.1) is 5.92 Å². The lowest BCUT2D eigenvalue weighted by Gasteiger charge is -2.31. The molecule has 0 aromatic carbocycles. The number of aromatic nitrogens is 2. The van der Waals surface area contributed by atoms with Gasteiger partial charge in [0.25, 0.3) is 0 Å². The van der Waals surface area contributed by atoms with Crippen LogP contribution < -0.4 is 5.32 Å². The average Bonchev–Trinajstić information content (AvgIpc) is 2.90. The summed E-state index contributed by atoms with van der Waals surface area (Å²) in [5, 5.41) is 10.6. The molecule has 1 fully saturated rings. The highest BCUT2D eigenvalue weighted by molar-refractivity contribution is 5.02. The first-order chi connectivity index (χ1) is 8.29. The lowest BCUT2D eigenvalue weighted by molar-refractivity contribution is 0.188. The smallest absolute Gasteiger partial charge is 0.0518 e. The monoisotopic (exact) mass is 236 g/mol. The molecule has 2 N–H and O–H groups in total. The first-order valence-corrected chi connectivity index (χ1v) is 6.74. The molecule has 1 aromatic rings. The average molecular weight is 236 g/mol. The second-order valence-electron chi connectivity index (χ2n) is 5.02. The molecule has 4 nitrogen and oxygen atoms in total. The van der Waals surface area contributed by atoms with Crippen LogP contribution in [0.4, 0.5) is 0 Å². The minimum atomic E-state index is 0.377. The van der Waals surface area contributed by atoms with Crippen LogP contribution >= 0.6 is 0 Å². The summed E-state index contributed by atoms with van der Waals surface area (Å²) in [6.45, 7) is 9.29. The van der Waals surface area contributed by atoms with Gasteiger partial charge in [0.1, 0.15) is 0 Å². The molecule has 0 saturated carbocycles. The second kappa shape index (κ2) is 6.17. The minimum Gasteiger partial charge on any atom is -0.309 e. The molecule has 0 bridgehead atoms. The molecule has 2 heterocycles. The Morgan fingerprint density at radius 1 is 1.53 bits per heavy atom. The predicted octanol–water partition coefficient (Wildman–Crippen LogP) is 1.79. The number of H-pyrrole nitrogens is 1. The van der Waals surface area contributed by atoms with Crippen molar-refractivity contribution < 1.29 is 0 Å². The normalized spacial score (nSPS) is 20.6. The van der Waals surface area contributed by atoms with Crippen LogP contribution in [0.2, 0.25) is 0 Å². The van der Waals surface area contributed by atoms with Crippen LogP contribution in [0.25, 0.3) is 0 Å². The van der Waals surface area contributed by atoms with E-state index in [2.05, 4.69) is 34.3 Å². The lowest BCUT2D eigenvalue weighted by atomic mass is 9.96. The highest BCUT2D eigenvalue weighted by atomic mass is 15.1. The van der Waals surface area contributed by atoms with Gasteiger partial charge < -0.3 is 10.2 Å². The maximum absolute atomic E-state index is 3.99. The Morgan fingerprint density at radius 2 is 2.29 bits per heavy atom. The van der Waals surface area contributed by atoms with Crippen molar-refractivity contribution in [3.05, 3.63) is 18.0 Å². The van der Waals surface area contributed by atoms with Crippen molar-refractivity contribution in [3.8, 4) is 0 Å². The maximum Gasteiger partial charge on any atom is 0.0518 e. The first kappa shape index (κ1) is 12.6. The zero-order chi connectivity index (χ0) is 12.1. The fourth-order valence-corrected chi connectivity index (χ4v) is 2.47. The fourth-order valence-electron chi connectivity index (χ4n) is 2.47. The van der Waals surface area contributed by atoms with Gasteiger partial charge in [-0.15, -0.1) is 0 Å². The van der Waals surface area contributed by atoms with Gasteiger partial charge >= 0.3 is 0 Å². The molecule has 2 rings (SSSR count). The number of hydrogen-bond donors (Lipinski definition) is 2. The molecule has 0 spiro atoms. The minimum absolute atomic E-state index is 0.377. The van der Waals surface area contributed by atoms with Crippen LogP contribution in [0.3, 0.4) is 0 Å². The Balaban J connectivity index is 1.69. The summed E-state index contributed by atoms with van der Waals surface area (Å²) in [4.78, 5) is 2.54. The summed E-state index contributed by atoms with van der Waals surface area (Å²) in [5.41, 5.74) is 1.18. The highest BCUT2D eigenvalue weighted by Gasteiger charge is 2.18. The summed E-state index contributed by atoms with van der Waals surface area (Å²) < 4.78 is 0. The molecule has 96 valence electrons. The van der Waals surface area contributed by atoms with Gasteiger partial charge in [0.15, 0.2) is 0 Å². The van der Waals surface area contributed by atoms with E-state index in [-0.39, 0.29) is 0 Å². The van der Waals surface area contributed by atoms with Gasteiger partial charge in [0, 0.05) is 12.2 Å². The number of piperidine rings is 1. The largest absolute Gasteiger partial charge is 0.309 e. The van der Waals surface area contributed by atoms with Crippen LogP contribution in [-0.4, -0.2) is 41.3 Å². The van der Waals surface area contributed by atoms with Gasteiger partial charge in [-0.2, -0.15) is 5.10 Å². The van der Waals surface area contributed by atoms with Crippen molar-refractivity contribution >= 4 is 0 Å². The van der Waals surface area contributed by atoms with Gasteiger partial charge in [0.05, 0.1) is 5.69 Å². The van der Waals surface area contributed by atoms with Gasteiger partial charge in [0.2, 0.25) is 0 Å². The van der Waals surface area contributed by atoms with Gasteiger partial charge in [-0.3, -0.25) is 5.10 Å². The van der Waals surface area contributed by atoms with Crippen molar-refractivity contribution in [3.63, 3.8) is 0 Å². The third kappa shape index (κ3) is 3.54. The number of aromatic amines is 1. The standard InChI is InChI=1S/C13H24N4/c1-3-17-8-5-12(6-9-17)10-14-11(2)13-4-7-15-16-13/h4,7,11-12,14H,3,5-6,8-10H2,1-2H3,(H,15,16). The van der Waals surface area contributed by atoms with E-state index < -0.39 is 0 Å². The van der Waals surface area contributed by atoms with E-state index in [0.29, 0.717) is 6.04 Å². The van der Waals surface area contributed by atoms with Gasteiger partial charge in [-0.05, 0) is 57.9 Å². The first-order valence-electron chi connectivity index (χ1n) is 6.74. The van der Waals surface area contributed by atoms with E-state index in [0.717, 1.165) is 12.5 Å². The van der Waals surface area contributed by atoms with Crippen molar-refractivity contribution in [1.82, 2.24) is 20.4 Å². The van der Waals surface area contributed by atoms with Gasteiger partial charge in [-0.25, -0.2) is 0 Å². The zero-order valence-electron chi connectivity index (χ0n) is 10.9. The molecule has 17 heavy (non-hydrogen) atoms. The third-order valence-electron chi connectivity index (χ3n) is 3.86. The van der Waals surface area contributed by atoms with E-state index in [1.165, 1.54) is 38.2 Å². The Hall–Kier alpha value is -0.870. The molecule has 1 aliphatic rings. The molecule has 0 amide bonds. The van der Waals surface area contributed by atoms with Crippen LogP contribution in [0.5, 0.6) is 0 Å². The molecule has 1 unspecified atom stereocenters. The van der Waals surface area contributed by atoms with E-state index >= 15 is 0 Å². The van der Waals surface area contributed by atoms with Gasteiger partial charge in [-0.1, -0.05) is 6.92 Å². The summed E-state index contributed by atoms with van der Waals surface area (Å²) in [5.74, 6) is 0.836. The number of nitrogens with zero attached hydrogens (tertiary/aromatic N) is 2. The Kier molecular flexibility index (Phi) is 4.57. The van der Waals surface area contributed by atoms with E-state index in [9.17, 15) is 0 Å². The summed E-state index contributed by atoms with van der Waals surface area (Å²) in [7, 11) is 0. The number of likely N-dealkylation sites (tertiary alicyclic amines) is 1. The van der Waals surface area contributed by atoms with Crippen LogP contribution in [0.1, 0.15) is 38.4 Å².